The highest BCUT2D eigenvalue weighted by Crippen LogP contribution is 2.71. The lowest BCUT2D eigenvalue weighted by atomic mass is 9.44. The van der Waals surface area contributed by atoms with Crippen molar-refractivity contribution in [1.29, 1.82) is 0 Å². The molecule has 0 aromatic carbocycles. The lowest BCUT2D eigenvalue weighted by molar-refractivity contribution is -0.354. The zero-order chi connectivity index (χ0) is 26.0. The van der Waals surface area contributed by atoms with E-state index in [0.717, 1.165) is 0 Å². The molecule has 1 N–H and O–H groups in total. The molecule has 0 saturated heterocycles. The largest absolute Gasteiger partial charge is 0.459 e. The van der Waals surface area contributed by atoms with Gasteiger partial charge in [0.15, 0.2) is 23.7 Å². The second-order valence-electron chi connectivity index (χ2n) is 11.0. The zero-order valence-electron chi connectivity index (χ0n) is 20.8. The molecule has 9 heteroatoms. The van der Waals surface area contributed by atoms with Crippen molar-refractivity contribution in [2.24, 2.45) is 28.6 Å². The number of esters is 2. The maximum Gasteiger partial charge on any atom is 0.303 e. The van der Waals surface area contributed by atoms with Crippen molar-refractivity contribution < 1.29 is 43.2 Å². The summed E-state index contributed by atoms with van der Waals surface area (Å²) in [5, 5.41) is 10.2. The minimum atomic E-state index is -2.05. The van der Waals surface area contributed by atoms with Gasteiger partial charge in [-0.2, -0.15) is 0 Å². The summed E-state index contributed by atoms with van der Waals surface area (Å²) >= 11 is 0. The summed E-state index contributed by atoms with van der Waals surface area (Å²) in [6.45, 7) is 7.02. The number of alkyl halides is 1. The summed E-state index contributed by atoms with van der Waals surface area (Å²) in [4.78, 5) is 54.1. The first-order chi connectivity index (χ1) is 16.3. The van der Waals surface area contributed by atoms with Gasteiger partial charge in [0, 0.05) is 30.6 Å². The molecule has 0 amide bonds. The van der Waals surface area contributed by atoms with E-state index in [4.69, 9.17) is 14.4 Å². The number of carbonyl (C=O) groups is 4. The van der Waals surface area contributed by atoms with Gasteiger partial charge in [-0.25, -0.2) is 9.28 Å². The van der Waals surface area contributed by atoms with Gasteiger partial charge >= 0.3 is 11.9 Å². The van der Waals surface area contributed by atoms with Crippen molar-refractivity contribution in [2.45, 2.75) is 77.7 Å². The Morgan fingerprint density at radius 2 is 1.86 bits per heavy atom. The molecule has 0 heterocycles. The quantitative estimate of drug-likeness (QED) is 0.352. The highest BCUT2D eigenvalue weighted by molar-refractivity contribution is 6.01. The molecule has 4 aliphatic rings. The molecule has 0 aromatic heterocycles. The van der Waals surface area contributed by atoms with Gasteiger partial charge < -0.3 is 9.47 Å². The molecule has 0 aromatic rings. The first-order valence-electron chi connectivity index (χ1n) is 12.1. The van der Waals surface area contributed by atoms with E-state index in [1.165, 1.54) is 26.0 Å². The topological polar surface area (TPSA) is 116 Å². The second-order valence-corrected chi connectivity index (χ2v) is 11.0. The molecule has 0 spiro atoms. The van der Waals surface area contributed by atoms with Gasteiger partial charge in [0.2, 0.25) is 5.78 Å². The molecule has 4 aliphatic carbocycles. The Balaban J connectivity index is 1.86. The van der Waals surface area contributed by atoms with E-state index in [-0.39, 0.29) is 12.2 Å². The fourth-order valence-corrected chi connectivity index (χ4v) is 7.94. The number of hydrogen-bond donors (Lipinski definition) is 1. The number of hydrogen-bond acceptors (Lipinski definition) is 8. The summed E-state index contributed by atoms with van der Waals surface area (Å²) < 4.78 is 28.3. The molecule has 192 valence electrons. The molecule has 3 fully saturated rings. The van der Waals surface area contributed by atoms with Gasteiger partial charge in [-0.15, -0.1) is 0 Å². The number of ether oxygens (including phenoxy) is 2. The van der Waals surface area contributed by atoms with Crippen LogP contribution in [0.5, 0.6) is 0 Å². The summed E-state index contributed by atoms with van der Waals surface area (Å²) in [5.74, 6) is -3.73. The molecule has 3 saturated carbocycles. The third kappa shape index (κ3) is 3.30. The van der Waals surface area contributed by atoms with E-state index in [9.17, 15) is 24.4 Å². The first-order valence-corrected chi connectivity index (χ1v) is 12.1. The van der Waals surface area contributed by atoms with Gasteiger partial charge in [0.1, 0.15) is 6.10 Å². The monoisotopic (exact) mass is 492 g/mol. The molecule has 0 aliphatic heterocycles. The third-order valence-corrected chi connectivity index (χ3v) is 9.43. The standard InChI is InChI=1S/C26H33FO8/c1-14-10-20-19-7-6-17-11-18(30)8-9-23(17,4)25(19,27)22(34-16(3)29)12-24(20,5)26(14,35-32)21(31)13-33-15(2)28/h8-9,11,14,19-20,22,32H,6-7,10,12-13H2,1-5H3. The summed E-state index contributed by atoms with van der Waals surface area (Å²) in [5.41, 5.74) is -5.46. The number of fused-ring (bicyclic) bond motifs is 5. The Hall–Kier alpha value is -2.39. The van der Waals surface area contributed by atoms with Crippen LogP contribution in [-0.4, -0.2) is 52.7 Å². The van der Waals surface area contributed by atoms with E-state index in [0.29, 0.717) is 24.8 Å². The van der Waals surface area contributed by atoms with Gasteiger partial charge in [0.25, 0.3) is 0 Å². The highest BCUT2D eigenvalue weighted by atomic mass is 19.1. The average molecular weight is 493 g/mol. The minimum Gasteiger partial charge on any atom is -0.459 e. The minimum absolute atomic E-state index is 0.0917. The van der Waals surface area contributed by atoms with Crippen molar-refractivity contribution in [3.8, 4) is 0 Å². The Labute approximate surface area is 203 Å². The van der Waals surface area contributed by atoms with Crippen LogP contribution >= 0.6 is 0 Å². The zero-order valence-corrected chi connectivity index (χ0v) is 20.8. The molecule has 8 unspecified atom stereocenters. The van der Waals surface area contributed by atoms with Crippen LogP contribution in [0.2, 0.25) is 0 Å². The maximum atomic E-state index is 17.7. The van der Waals surface area contributed by atoms with Crippen LogP contribution in [0, 0.1) is 28.6 Å². The van der Waals surface area contributed by atoms with Gasteiger partial charge in [0.05, 0.1) is 0 Å². The van der Waals surface area contributed by atoms with Crippen LogP contribution in [0.4, 0.5) is 4.39 Å². The Bertz CT molecular complexity index is 1030. The SMILES string of the molecule is CC(=O)OCC(=O)C1(OO)C(C)CC2C3CCC4=CC(=O)C=CC4(C)C3(F)C(OC(C)=O)CC21C. The van der Waals surface area contributed by atoms with Crippen LogP contribution < -0.4 is 0 Å². The summed E-state index contributed by atoms with van der Waals surface area (Å²) in [6.07, 6.45) is 4.28. The smallest absolute Gasteiger partial charge is 0.303 e. The predicted octanol–water partition coefficient (Wildman–Crippen LogP) is 3.53. The number of rotatable bonds is 5. The first kappa shape index (κ1) is 25.7. The predicted molar refractivity (Wildman–Crippen MR) is 121 cm³/mol. The third-order valence-electron chi connectivity index (χ3n) is 9.43. The lowest BCUT2D eigenvalue weighted by Crippen LogP contribution is -2.70. The number of carbonyl (C=O) groups excluding carboxylic acids is 4. The molecule has 35 heavy (non-hydrogen) atoms. The molecule has 0 bridgehead atoms. The van der Waals surface area contributed by atoms with Gasteiger partial charge in [-0.1, -0.05) is 25.5 Å². The Morgan fingerprint density at radius 3 is 2.46 bits per heavy atom. The normalized spacial score (nSPS) is 44.0. The number of ketones is 2. The fraction of sp³-hybridized carbons (Fsp3) is 0.692. The van der Waals surface area contributed by atoms with Crippen LogP contribution in [0.1, 0.15) is 60.3 Å². The molecule has 8 nitrogen and oxygen atoms in total. The van der Waals surface area contributed by atoms with E-state index in [2.05, 4.69) is 0 Å². The molecular formula is C26H33FO8. The molecule has 0 radical (unpaired) electrons. The van der Waals surface area contributed by atoms with Crippen molar-refractivity contribution in [1.82, 2.24) is 0 Å². The van der Waals surface area contributed by atoms with Crippen molar-refractivity contribution in [3.05, 3.63) is 23.8 Å². The maximum absolute atomic E-state index is 17.7. The van der Waals surface area contributed by atoms with Crippen molar-refractivity contribution in [3.63, 3.8) is 0 Å². The van der Waals surface area contributed by atoms with Crippen molar-refractivity contribution in [2.75, 3.05) is 6.61 Å². The van der Waals surface area contributed by atoms with Crippen LogP contribution in [-0.2, 0) is 33.5 Å². The average Bonchev–Trinajstić information content (AvgIpc) is 2.99. The Morgan fingerprint density at radius 1 is 1.17 bits per heavy atom. The second kappa shape index (κ2) is 8.34. The van der Waals surface area contributed by atoms with Crippen LogP contribution in [0.3, 0.4) is 0 Å². The van der Waals surface area contributed by atoms with Crippen LogP contribution in [0.15, 0.2) is 23.8 Å². The van der Waals surface area contributed by atoms with E-state index >= 15 is 4.39 Å². The molecular weight excluding hydrogens is 459 g/mol. The summed E-state index contributed by atoms with van der Waals surface area (Å²) in [7, 11) is 0. The highest BCUT2D eigenvalue weighted by Gasteiger charge is 2.77. The van der Waals surface area contributed by atoms with Gasteiger partial charge in [-0.3, -0.25) is 24.4 Å². The Kier molecular flexibility index (Phi) is 6.12. The van der Waals surface area contributed by atoms with E-state index < -0.39 is 70.3 Å². The van der Waals surface area contributed by atoms with E-state index in [1.54, 1.807) is 26.8 Å². The number of allylic oxidation sites excluding steroid dienone is 4. The molecule has 4 rings (SSSR count). The van der Waals surface area contributed by atoms with E-state index in [1.807, 2.05) is 0 Å². The molecule has 8 atom stereocenters. The van der Waals surface area contributed by atoms with Crippen LogP contribution in [0.25, 0.3) is 0 Å². The van der Waals surface area contributed by atoms with Gasteiger partial charge in [-0.05, 0) is 56.6 Å². The van der Waals surface area contributed by atoms with Crippen molar-refractivity contribution >= 4 is 23.5 Å². The lowest BCUT2D eigenvalue weighted by Gasteiger charge is -2.63. The number of Topliss-reactive ketones (excluding diaryl/α,β-unsaturated/α-hetero) is 1. The summed E-state index contributed by atoms with van der Waals surface area (Å²) in [6, 6.07) is 0. The fourth-order valence-electron chi connectivity index (χ4n) is 7.94. The number of halogens is 1.